The third kappa shape index (κ3) is 3.89. The van der Waals surface area contributed by atoms with Crippen LogP contribution in [-0.2, 0) is 27.1 Å². The third-order valence-electron chi connectivity index (χ3n) is 6.01. The van der Waals surface area contributed by atoms with Gasteiger partial charge in [0.1, 0.15) is 5.56 Å². The maximum atomic E-state index is 12.9. The monoisotopic (exact) mass is 412 g/mol. The quantitative estimate of drug-likeness (QED) is 0.754. The Morgan fingerprint density at radius 2 is 1.90 bits per heavy atom. The molecule has 0 atom stereocenters. The highest BCUT2D eigenvalue weighted by molar-refractivity contribution is 5.96. The summed E-state index contributed by atoms with van der Waals surface area (Å²) in [7, 11) is 3.43. The second-order valence-corrected chi connectivity index (χ2v) is 8.07. The number of aryl methyl sites for hydroxylation is 2. The molecule has 0 radical (unpaired) electrons. The molecule has 2 amide bonds. The van der Waals surface area contributed by atoms with Crippen molar-refractivity contribution in [2.24, 2.45) is 14.1 Å². The number of rotatable bonds is 5. The van der Waals surface area contributed by atoms with E-state index in [9.17, 15) is 14.4 Å². The van der Waals surface area contributed by atoms with Gasteiger partial charge in [0.15, 0.2) is 5.82 Å². The Labute approximate surface area is 175 Å². The average molecular weight is 412 g/mol. The van der Waals surface area contributed by atoms with Gasteiger partial charge >= 0.3 is 0 Å². The van der Waals surface area contributed by atoms with Gasteiger partial charge in [-0.05, 0) is 43.5 Å². The van der Waals surface area contributed by atoms with Gasteiger partial charge in [-0.2, -0.15) is 0 Å². The maximum absolute atomic E-state index is 12.9. The zero-order valence-corrected chi connectivity index (χ0v) is 17.6. The highest BCUT2D eigenvalue weighted by Gasteiger charge is 2.29. The standard InChI is InChI=1S/C21H28N6O3/c1-24-11-6-22-18(24)21(30)27-10-5-16-15(14-27)13-25(2)20(29)17(16)19(28)23-7-12-26-8-3-4-9-26/h6,11,13H,3-5,7-10,12,14H2,1-2H3,(H,23,28). The lowest BCUT2D eigenvalue weighted by Crippen LogP contribution is -2.42. The van der Waals surface area contributed by atoms with Crippen LogP contribution in [0.25, 0.3) is 0 Å². The number of aromatic nitrogens is 3. The molecule has 0 spiro atoms. The smallest absolute Gasteiger partial charge is 0.290 e. The summed E-state index contributed by atoms with van der Waals surface area (Å²) >= 11 is 0. The minimum absolute atomic E-state index is 0.154. The van der Waals surface area contributed by atoms with Gasteiger partial charge in [0.2, 0.25) is 0 Å². The van der Waals surface area contributed by atoms with Crippen LogP contribution >= 0.6 is 0 Å². The van der Waals surface area contributed by atoms with Crippen molar-refractivity contribution >= 4 is 11.8 Å². The van der Waals surface area contributed by atoms with Gasteiger partial charge in [-0.3, -0.25) is 14.4 Å². The van der Waals surface area contributed by atoms with Crippen LogP contribution in [-0.4, -0.2) is 68.5 Å². The Hall–Kier alpha value is -2.94. The lowest BCUT2D eigenvalue weighted by atomic mass is 9.96. The predicted molar refractivity (Wildman–Crippen MR) is 111 cm³/mol. The Morgan fingerprint density at radius 3 is 2.60 bits per heavy atom. The van der Waals surface area contributed by atoms with Crippen molar-refractivity contribution in [3.05, 3.63) is 51.5 Å². The minimum Gasteiger partial charge on any atom is -0.351 e. The van der Waals surface area contributed by atoms with Crippen molar-refractivity contribution in [3.63, 3.8) is 0 Å². The molecule has 0 bridgehead atoms. The van der Waals surface area contributed by atoms with E-state index in [4.69, 9.17) is 0 Å². The fraction of sp³-hybridized carbons (Fsp3) is 0.524. The van der Waals surface area contributed by atoms with Crippen LogP contribution in [0.5, 0.6) is 0 Å². The molecule has 4 rings (SSSR count). The highest BCUT2D eigenvalue weighted by atomic mass is 16.2. The molecule has 4 heterocycles. The number of nitrogens with one attached hydrogen (secondary N) is 1. The molecule has 2 aromatic rings. The average Bonchev–Trinajstić information content (AvgIpc) is 3.39. The van der Waals surface area contributed by atoms with Crippen LogP contribution in [0.15, 0.2) is 23.4 Å². The van der Waals surface area contributed by atoms with Crippen molar-refractivity contribution in [3.8, 4) is 0 Å². The zero-order chi connectivity index (χ0) is 21.3. The van der Waals surface area contributed by atoms with E-state index >= 15 is 0 Å². The normalized spacial score (nSPS) is 16.5. The molecule has 0 unspecified atom stereocenters. The first-order valence-corrected chi connectivity index (χ1v) is 10.4. The number of nitrogens with zero attached hydrogens (tertiary/aromatic N) is 5. The third-order valence-corrected chi connectivity index (χ3v) is 6.01. The molecular weight excluding hydrogens is 384 g/mol. The van der Waals surface area contributed by atoms with Gasteiger partial charge in [-0.25, -0.2) is 4.98 Å². The summed E-state index contributed by atoms with van der Waals surface area (Å²) in [6.07, 6.45) is 7.94. The number of hydrogen-bond acceptors (Lipinski definition) is 5. The molecule has 2 aliphatic heterocycles. The minimum atomic E-state index is -0.324. The van der Waals surface area contributed by atoms with Crippen molar-refractivity contribution in [2.75, 3.05) is 32.7 Å². The first-order chi connectivity index (χ1) is 14.5. The van der Waals surface area contributed by atoms with E-state index in [-0.39, 0.29) is 22.9 Å². The number of fused-ring (bicyclic) bond motifs is 1. The summed E-state index contributed by atoms with van der Waals surface area (Å²) in [5.41, 5.74) is 1.49. The maximum Gasteiger partial charge on any atom is 0.290 e. The molecule has 9 nitrogen and oxygen atoms in total. The molecule has 0 aromatic carbocycles. The van der Waals surface area contributed by atoms with Crippen molar-refractivity contribution in [2.45, 2.75) is 25.8 Å². The molecule has 2 aromatic heterocycles. The lowest BCUT2D eigenvalue weighted by molar-refractivity contribution is 0.0718. The van der Waals surface area contributed by atoms with E-state index in [1.54, 1.807) is 42.2 Å². The van der Waals surface area contributed by atoms with Gasteiger partial charge in [0.25, 0.3) is 17.4 Å². The van der Waals surface area contributed by atoms with Gasteiger partial charge in [-0.15, -0.1) is 0 Å². The summed E-state index contributed by atoms with van der Waals surface area (Å²) in [4.78, 5) is 46.6. The number of carbonyl (C=O) groups is 2. The number of pyridine rings is 1. The predicted octanol–water partition coefficient (Wildman–Crippen LogP) is 0.143. The fourth-order valence-electron chi connectivity index (χ4n) is 4.33. The van der Waals surface area contributed by atoms with Gasteiger partial charge < -0.3 is 24.3 Å². The summed E-state index contributed by atoms with van der Waals surface area (Å²) in [6.45, 7) is 4.25. The van der Waals surface area contributed by atoms with Crippen LogP contribution < -0.4 is 10.9 Å². The van der Waals surface area contributed by atoms with E-state index in [1.165, 1.54) is 17.4 Å². The van der Waals surface area contributed by atoms with E-state index in [1.807, 2.05) is 0 Å². The zero-order valence-electron chi connectivity index (χ0n) is 17.6. The van der Waals surface area contributed by atoms with Crippen molar-refractivity contribution in [1.82, 2.24) is 29.2 Å². The molecule has 2 aliphatic rings. The van der Waals surface area contributed by atoms with Crippen LogP contribution in [0.4, 0.5) is 0 Å². The molecule has 9 heteroatoms. The summed E-state index contributed by atoms with van der Waals surface area (Å²) in [5.74, 6) is -0.0997. The van der Waals surface area contributed by atoms with Gasteiger partial charge in [0.05, 0.1) is 0 Å². The van der Waals surface area contributed by atoms with E-state index in [2.05, 4.69) is 15.2 Å². The Morgan fingerprint density at radius 1 is 1.13 bits per heavy atom. The van der Waals surface area contributed by atoms with Gasteiger partial charge in [-0.1, -0.05) is 0 Å². The molecule has 1 N–H and O–H groups in total. The van der Waals surface area contributed by atoms with Crippen LogP contribution in [0.2, 0.25) is 0 Å². The molecule has 160 valence electrons. The largest absolute Gasteiger partial charge is 0.351 e. The molecule has 0 saturated carbocycles. The first-order valence-electron chi connectivity index (χ1n) is 10.4. The van der Waals surface area contributed by atoms with Crippen molar-refractivity contribution < 1.29 is 9.59 Å². The number of carbonyl (C=O) groups excluding carboxylic acids is 2. The molecule has 1 saturated heterocycles. The highest BCUT2D eigenvalue weighted by Crippen LogP contribution is 2.22. The van der Waals surface area contributed by atoms with E-state index in [0.717, 1.165) is 30.8 Å². The SMILES string of the molecule is Cn1ccnc1C(=O)N1CCc2c(cn(C)c(=O)c2C(=O)NCCN2CCCC2)C1. The number of likely N-dealkylation sites (tertiary alicyclic amines) is 1. The van der Waals surface area contributed by atoms with Gasteiger partial charge in [0, 0.05) is 58.9 Å². The lowest BCUT2D eigenvalue weighted by Gasteiger charge is -2.30. The second-order valence-electron chi connectivity index (χ2n) is 8.07. The molecule has 0 aliphatic carbocycles. The number of hydrogen-bond donors (Lipinski definition) is 1. The van der Waals surface area contributed by atoms with Crippen LogP contribution in [0.3, 0.4) is 0 Å². The Kier molecular flexibility index (Phi) is 5.72. The Balaban J connectivity index is 1.52. The summed E-state index contributed by atoms with van der Waals surface area (Å²) < 4.78 is 3.13. The number of imidazole rings is 1. The van der Waals surface area contributed by atoms with Crippen molar-refractivity contribution in [1.29, 1.82) is 0 Å². The Bertz CT molecular complexity index is 1020. The molecule has 1 fully saturated rings. The van der Waals surface area contributed by atoms with E-state index < -0.39 is 0 Å². The first kappa shape index (κ1) is 20.3. The second kappa shape index (κ2) is 8.43. The van der Waals surface area contributed by atoms with Crippen LogP contribution in [0, 0.1) is 0 Å². The topological polar surface area (TPSA) is 92.5 Å². The summed E-state index contributed by atoms with van der Waals surface area (Å²) in [6, 6.07) is 0. The van der Waals surface area contributed by atoms with Crippen LogP contribution in [0.1, 0.15) is 44.9 Å². The summed E-state index contributed by atoms with van der Waals surface area (Å²) in [5, 5.41) is 2.92. The molecule has 30 heavy (non-hydrogen) atoms. The fourth-order valence-corrected chi connectivity index (χ4v) is 4.33. The van der Waals surface area contributed by atoms with E-state index in [0.29, 0.717) is 31.9 Å². The molecular formula is C21H28N6O3. The number of amides is 2.